The van der Waals surface area contributed by atoms with Crippen molar-refractivity contribution in [1.82, 2.24) is 24.5 Å². The smallest absolute Gasteiger partial charge is 0.406 e. The summed E-state index contributed by atoms with van der Waals surface area (Å²) in [5.74, 6) is 0.885. The Kier molecular flexibility index (Phi) is 6.82. The van der Waals surface area contributed by atoms with Crippen LogP contribution < -0.4 is 9.64 Å². The lowest BCUT2D eigenvalue weighted by molar-refractivity contribution is -0.126. The van der Waals surface area contributed by atoms with Crippen LogP contribution in [0.5, 0.6) is 5.75 Å². The molecule has 0 saturated carbocycles. The highest BCUT2D eigenvalue weighted by Gasteiger charge is 2.40. The van der Waals surface area contributed by atoms with Crippen molar-refractivity contribution in [1.29, 1.82) is 0 Å². The normalized spacial score (nSPS) is 17.8. The van der Waals surface area contributed by atoms with Crippen molar-refractivity contribution in [2.45, 2.75) is 38.2 Å². The maximum atomic E-state index is 14.0. The van der Waals surface area contributed by atoms with E-state index in [1.807, 2.05) is 35.9 Å². The minimum Gasteiger partial charge on any atom is -0.495 e. The lowest BCUT2D eigenvalue weighted by Crippen LogP contribution is -2.47. The van der Waals surface area contributed by atoms with Crippen LogP contribution in [0.4, 0.5) is 23.2 Å². The number of fused-ring (bicyclic) bond motifs is 1. The SMILES string of the molecule is COc1cc(-c2cn(C3CCc4cc(F)ccc4N(CC(F)(F)F)C3OC)nn2)ccc1-n1ccnc1C. The van der Waals surface area contributed by atoms with E-state index in [1.165, 1.54) is 23.9 Å². The molecule has 38 heavy (non-hydrogen) atoms. The summed E-state index contributed by atoms with van der Waals surface area (Å²) in [5, 5.41) is 8.55. The number of ether oxygens (including phenoxy) is 2. The molecular weight excluding hydrogens is 504 g/mol. The molecule has 0 bridgehead atoms. The number of halogens is 4. The number of rotatable bonds is 6. The number of methoxy groups -OCH3 is 2. The Hall–Kier alpha value is -3.93. The first-order valence-corrected chi connectivity index (χ1v) is 11.9. The first-order chi connectivity index (χ1) is 18.2. The maximum absolute atomic E-state index is 14.0. The third-order valence-corrected chi connectivity index (χ3v) is 6.70. The standard InChI is InChI=1S/C26H26F4N6O2/c1-16-31-10-11-34(16)22-7-4-17(13-24(22)37-2)20-14-36(33-32-20)23-8-5-18-12-19(27)6-9-21(18)35(25(23)38-3)15-26(28,29)30/h4,6-7,9-14,23,25H,5,8,15H2,1-3H3. The number of hydrogen-bond donors (Lipinski definition) is 0. The third-order valence-electron chi connectivity index (χ3n) is 6.70. The first-order valence-electron chi connectivity index (χ1n) is 11.9. The Morgan fingerprint density at radius 1 is 1.08 bits per heavy atom. The third kappa shape index (κ3) is 4.95. The van der Waals surface area contributed by atoms with Gasteiger partial charge in [0, 0.05) is 30.8 Å². The molecule has 3 heterocycles. The molecule has 0 spiro atoms. The number of aromatic nitrogens is 5. The van der Waals surface area contributed by atoms with Gasteiger partial charge in [-0.25, -0.2) is 14.1 Å². The van der Waals surface area contributed by atoms with Crippen molar-refractivity contribution in [3.05, 3.63) is 72.2 Å². The molecule has 1 aliphatic heterocycles. The molecule has 2 aromatic carbocycles. The average Bonchev–Trinajstić information content (AvgIpc) is 3.51. The van der Waals surface area contributed by atoms with Crippen LogP contribution >= 0.6 is 0 Å². The number of hydrogen-bond acceptors (Lipinski definition) is 6. The van der Waals surface area contributed by atoms with Crippen LogP contribution in [0, 0.1) is 12.7 Å². The van der Waals surface area contributed by atoms with Gasteiger partial charge in [-0.2, -0.15) is 13.2 Å². The van der Waals surface area contributed by atoms with Crippen molar-refractivity contribution in [2.24, 2.45) is 0 Å². The quantitative estimate of drug-likeness (QED) is 0.323. The summed E-state index contributed by atoms with van der Waals surface area (Å²) in [6.45, 7) is 0.626. The van der Waals surface area contributed by atoms with Crippen molar-refractivity contribution >= 4 is 5.69 Å². The van der Waals surface area contributed by atoms with Gasteiger partial charge in [0.15, 0.2) is 6.23 Å². The molecule has 2 unspecified atom stereocenters. The predicted molar refractivity (Wildman–Crippen MR) is 132 cm³/mol. The van der Waals surface area contributed by atoms with E-state index in [4.69, 9.17) is 9.47 Å². The van der Waals surface area contributed by atoms with E-state index in [0.29, 0.717) is 29.8 Å². The Labute approximate surface area is 216 Å². The van der Waals surface area contributed by atoms with Crippen LogP contribution in [0.1, 0.15) is 23.9 Å². The van der Waals surface area contributed by atoms with E-state index in [-0.39, 0.29) is 5.69 Å². The summed E-state index contributed by atoms with van der Waals surface area (Å²) in [6, 6.07) is 8.74. The van der Waals surface area contributed by atoms with Gasteiger partial charge in [0.1, 0.15) is 29.6 Å². The average molecular weight is 531 g/mol. The number of alkyl halides is 3. The van der Waals surface area contributed by atoms with E-state index in [2.05, 4.69) is 15.3 Å². The molecule has 2 aromatic heterocycles. The molecule has 8 nitrogen and oxygen atoms in total. The Bertz CT molecular complexity index is 1430. The van der Waals surface area contributed by atoms with Crippen molar-refractivity contribution < 1.29 is 27.0 Å². The predicted octanol–water partition coefficient (Wildman–Crippen LogP) is 5.12. The van der Waals surface area contributed by atoms with Crippen molar-refractivity contribution in [3.8, 4) is 22.7 Å². The van der Waals surface area contributed by atoms with Gasteiger partial charge in [0.2, 0.25) is 0 Å². The monoisotopic (exact) mass is 530 g/mol. The van der Waals surface area contributed by atoms with E-state index in [9.17, 15) is 17.6 Å². The van der Waals surface area contributed by atoms with Gasteiger partial charge in [-0.05, 0) is 55.7 Å². The van der Waals surface area contributed by atoms with Gasteiger partial charge in [0.05, 0.1) is 25.0 Å². The minimum absolute atomic E-state index is 0.286. The summed E-state index contributed by atoms with van der Waals surface area (Å²) in [4.78, 5) is 5.37. The summed E-state index contributed by atoms with van der Waals surface area (Å²) in [6.07, 6.45) is 0.395. The second-order valence-electron chi connectivity index (χ2n) is 9.06. The highest BCUT2D eigenvalue weighted by molar-refractivity contribution is 5.65. The number of anilines is 1. The Balaban J connectivity index is 1.50. The van der Waals surface area contributed by atoms with E-state index in [0.717, 1.165) is 28.0 Å². The molecular formula is C26H26F4N6O2. The topological polar surface area (TPSA) is 70.2 Å². The van der Waals surface area contributed by atoms with Crippen LogP contribution in [0.2, 0.25) is 0 Å². The number of imidazole rings is 1. The molecule has 0 fully saturated rings. The van der Waals surface area contributed by atoms with Crippen LogP contribution in [-0.2, 0) is 11.2 Å². The van der Waals surface area contributed by atoms with Gasteiger partial charge in [-0.1, -0.05) is 11.3 Å². The highest BCUT2D eigenvalue weighted by atomic mass is 19.4. The van der Waals surface area contributed by atoms with E-state index < -0.39 is 30.8 Å². The zero-order valence-electron chi connectivity index (χ0n) is 21.0. The molecule has 200 valence electrons. The maximum Gasteiger partial charge on any atom is 0.406 e. The Morgan fingerprint density at radius 3 is 2.55 bits per heavy atom. The molecule has 12 heteroatoms. The van der Waals surface area contributed by atoms with Gasteiger partial charge >= 0.3 is 6.18 Å². The number of nitrogens with zero attached hydrogens (tertiary/aromatic N) is 6. The van der Waals surface area contributed by atoms with Crippen LogP contribution in [0.3, 0.4) is 0 Å². The van der Waals surface area contributed by atoms with Gasteiger partial charge in [-0.15, -0.1) is 5.10 Å². The molecule has 0 N–H and O–H groups in total. The second-order valence-corrected chi connectivity index (χ2v) is 9.06. The minimum atomic E-state index is -4.50. The zero-order chi connectivity index (χ0) is 27.0. The fourth-order valence-electron chi connectivity index (χ4n) is 4.98. The molecule has 4 aromatic rings. The molecule has 2 atom stereocenters. The van der Waals surface area contributed by atoms with Crippen molar-refractivity contribution in [3.63, 3.8) is 0 Å². The summed E-state index contributed by atoms with van der Waals surface area (Å²) in [5.41, 5.74) is 2.80. The lowest BCUT2D eigenvalue weighted by Gasteiger charge is -2.36. The van der Waals surface area contributed by atoms with Crippen molar-refractivity contribution in [2.75, 3.05) is 25.7 Å². The molecule has 0 aliphatic carbocycles. The molecule has 0 amide bonds. The van der Waals surface area contributed by atoms with Crippen LogP contribution in [0.25, 0.3) is 16.9 Å². The second kappa shape index (κ2) is 10.1. The molecule has 1 aliphatic rings. The number of benzene rings is 2. The zero-order valence-corrected chi connectivity index (χ0v) is 21.0. The molecule has 5 rings (SSSR count). The van der Waals surface area contributed by atoms with E-state index >= 15 is 0 Å². The fraction of sp³-hybridized carbons (Fsp3) is 0.346. The molecule has 0 saturated heterocycles. The van der Waals surface area contributed by atoms with Crippen LogP contribution in [0.15, 0.2) is 55.0 Å². The van der Waals surface area contributed by atoms with Gasteiger partial charge < -0.3 is 18.9 Å². The Morgan fingerprint density at radius 2 is 1.87 bits per heavy atom. The van der Waals surface area contributed by atoms with Gasteiger partial charge in [0.25, 0.3) is 0 Å². The molecule has 0 radical (unpaired) electrons. The lowest BCUT2D eigenvalue weighted by atomic mass is 10.1. The fourth-order valence-corrected chi connectivity index (χ4v) is 4.98. The summed E-state index contributed by atoms with van der Waals surface area (Å²) in [7, 11) is 2.92. The van der Waals surface area contributed by atoms with E-state index in [1.54, 1.807) is 19.5 Å². The number of aryl methyl sites for hydroxylation is 2. The highest BCUT2D eigenvalue weighted by Crippen LogP contribution is 2.38. The first kappa shape index (κ1) is 25.7. The summed E-state index contributed by atoms with van der Waals surface area (Å²) < 4.78 is 69.5. The summed E-state index contributed by atoms with van der Waals surface area (Å²) >= 11 is 0. The van der Waals surface area contributed by atoms with Gasteiger partial charge in [-0.3, -0.25) is 0 Å². The van der Waals surface area contributed by atoms with Crippen LogP contribution in [-0.4, -0.2) is 57.7 Å². The largest absolute Gasteiger partial charge is 0.495 e.